The summed E-state index contributed by atoms with van der Waals surface area (Å²) >= 11 is 0. The van der Waals surface area contributed by atoms with E-state index in [2.05, 4.69) is 9.97 Å². The van der Waals surface area contributed by atoms with Crippen molar-refractivity contribution < 1.29 is 4.39 Å². The first-order valence-corrected chi connectivity index (χ1v) is 4.98. The molecule has 14 heavy (non-hydrogen) atoms. The molecule has 1 heterocycles. The minimum atomic E-state index is -0.480. The molecule has 0 amide bonds. The lowest BCUT2D eigenvalue weighted by Gasteiger charge is -2.09. The molecule has 0 aromatic carbocycles. The van der Waals surface area contributed by atoms with Crippen LogP contribution in [0.2, 0.25) is 0 Å². The zero-order valence-corrected chi connectivity index (χ0v) is 8.26. The number of anilines is 1. The predicted octanol–water partition coefficient (Wildman–Crippen LogP) is 2.16. The van der Waals surface area contributed by atoms with Crippen molar-refractivity contribution in [1.29, 1.82) is 0 Å². The largest absolute Gasteiger partial charge is 0.381 e. The summed E-state index contributed by atoms with van der Waals surface area (Å²) in [6.07, 6.45) is 4.63. The normalized spacial score (nSPS) is 17.6. The van der Waals surface area contributed by atoms with E-state index in [4.69, 9.17) is 5.73 Å². The zero-order valence-electron chi connectivity index (χ0n) is 8.26. The highest BCUT2D eigenvalue weighted by Crippen LogP contribution is 2.32. The average Bonchev–Trinajstić information content (AvgIpc) is 2.66. The third-order valence-corrected chi connectivity index (χ3v) is 2.78. The second kappa shape index (κ2) is 3.52. The summed E-state index contributed by atoms with van der Waals surface area (Å²) in [4.78, 5) is 8.16. The monoisotopic (exact) mass is 195 g/mol. The molecule has 0 radical (unpaired) electrons. The molecule has 1 aliphatic carbocycles. The molecule has 3 nitrogen and oxygen atoms in total. The summed E-state index contributed by atoms with van der Waals surface area (Å²) in [5, 5.41) is 0. The van der Waals surface area contributed by atoms with E-state index in [1.807, 2.05) is 0 Å². The van der Waals surface area contributed by atoms with Gasteiger partial charge in [-0.15, -0.1) is 0 Å². The van der Waals surface area contributed by atoms with Crippen LogP contribution < -0.4 is 5.73 Å². The Bertz CT molecular complexity index is 322. The molecular weight excluding hydrogens is 181 g/mol. The maximum absolute atomic E-state index is 13.1. The van der Waals surface area contributed by atoms with E-state index < -0.39 is 5.82 Å². The first-order chi connectivity index (χ1) is 6.68. The van der Waals surface area contributed by atoms with Gasteiger partial charge in [0.2, 0.25) is 0 Å². The van der Waals surface area contributed by atoms with Gasteiger partial charge in [-0.2, -0.15) is 0 Å². The highest BCUT2D eigenvalue weighted by atomic mass is 19.1. The molecule has 0 atom stereocenters. The summed E-state index contributed by atoms with van der Waals surface area (Å²) in [5.74, 6) is 0.613. The maximum atomic E-state index is 13.1. The van der Waals surface area contributed by atoms with Crippen LogP contribution in [-0.4, -0.2) is 9.97 Å². The molecule has 0 bridgehead atoms. The molecule has 1 fully saturated rings. The Balaban J connectivity index is 2.34. The molecule has 76 valence electrons. The number of hydrogen-bond donors (Lipinski definition) is 1. The Kier molecular flexibility index (Phi) is 2.35. The van der Waals surface area contributed by atoms with Crippen molar-refractivity contribution in [3.05, 3.63) is 17.3 Å². The number of hydrogen-bond acceptors (Lipinski definition) is 3. The summed E-state index contributed by atoms with van der Waals surface area (Å²) in [6.45, 7) is 1.63. The minimum Gasteiger partial charge on any atom is -0.381 e. The zero-order chi connectivity index (χ0) is 10.1. The third-order valence-electron chi connectivity index (χ3n) is 2.78. The Hall–Kier alpha value is -1.19. The van der Waals surface area contributed by atoms with Gasteiger partial charge in [0.25, 0.3) is 0 Å². The summed E-state index contributed by atoms with van der Waals surface area (Å²) in [7, 11) is 0. The highest BCUT2D eigenvalue weighted by molar-refractivity contribution is 5.32. The van der Waals surface area contributed by atoms with E-state index in [0.29, 0.717) is 11.6 Å². The van der Waals surface area contributed by atoms with Crippen LogP contribution >= 0.6 is 0 Å². The summed E-state index contributed by atoms with van der Waals surface area (Å²) in [5.41, 5.74) is 5.82. The van der Waals surface area contributed by atoms with Crippen LogP contribution in [0.25, 0.3) is 0 Å². The molecule has 1 aliphatic rings. The van der Waals surface area contributed by atoms with Gasteiger partial charge in [-0.1, -0.05) is 12.8 Å². The van der Waals surface area contributed by atoms with Crippen LogP contribution in [0, 0.1) is 12.7 Å². The van der Waals surface area contributed by atoms with Gasteiger partial charge in [-0.05, 0) is 19.8 Å². The Morgan fingerprint density at radius 3 is 2.50 bits per heavy atom. The molecule has 4 heteroatoms. The Morgan fingerprint density at radius 2 is 1.93 bits per heavy atom. The van der Waals surface area contributed by atoms with Crippen LogP contribution in [0.1, 0.15) is 43.1 Å². The number of halogens is 1. The quantitative estimate of drug-likeness (QED) is 0.747. The number of aryl methyl sites for hydroxylation is 1. The second-order valence-corrected chi connectivity index (χ2v) is 3.85. The van der Waals surface area contributed by atoms with Gasteiger partial charge in [0.15, 0.2) is 11.6 Å². The van der Waals surface area contributed by atoms with Crippen LogP contribution in [0.15, 0.2) is 0 Å². The van der Waals surface area contributed by atoms with Crippen molar-refractivity contribution in [1.82, 2.24) is 9.97 Å². The van der Waals surface area contributed by atoms with E-state index >= 15 is 0 Å². The lowest BCUT2D eigenvalue weighted by atomic mass is 10.1. The molecule has 2 rings (SSSR count). The average molecular weight is 195 g/mol. The maximum Gasteiger partial charge on any atom is 0.186 e. The number of rotatable bonds is 1. The van der Waals surface area contributed by atoms with Crippen molar-refractivity contribution in [2.24, 2.45) is 0 Å². The van der Waals surface area contributed by atoms with Crippen LogP contribution in [0.5, 0.6) is 0 Å². The molecular formula is C10H14FN3. The fraction of sp³-hybridized carbons (Fsp3) is 0.600. The first kappa shape index (κ1) is 9.37. The highest BCUT2D eigenvalue weighted by Gasteiger charge is 2.21. The molecule has 1 aromatic rings. The number of aromatic nitrogens is 2. The van der Waals surface area contributed by atoms with E-state index in [-0.39, 0.29) is 5.82 Å². The van der Waals surface area contributed by atoms with Gasteiger partial charge in [-0.3, -0.25) is 0 Å². The van der Waals surface area contributed by atoms with E-state index in [1.54, 1.807) is 6.92 Å². The molecule has 0 saturated heterocycles. The van der Waals surface area contributed by atoms with Gasteiger partial charge >= 0.3 is 0 Å². The summed E-state index contributed by atoms with van der Waals surface area (Å²) in [6, 6.07) is 0. The standard InChI is InChI=1S/C10H14FN3/c1-6-8(11)9(12)14-10(13-6)7-4-2-3-5-7/h7H,2-5H2,1H3,(H2,12,13,14). The molecule has 0 aliphatic heterocycles. The van der Waals surface area contributed by atoms with Crippen molar-refractivity contribution in [3.8, 4) is 0 Å². The van der Waals surface area contributed by atoms with Gasteiger partial charge in [0, 0.05) is 5.92 Å². The van der Waals surface area contributed by atoms with Crippen LogP contribution in [-0.2, 0) is 0 Å². The van der Waals surface area contributed by atoms with E-state index in [1.165, 1.54) is 12.8 Å². The van der Waals surface area contributed by atoms with Gasteiger partial charge in [0.05, 0.1) is 5.69 Å². The van der Waals surface area contributed by atoms with Crippen molar-refractivity contribution in [3.63, 3.8) is 0 Å². The third kappa shape index (κ3) is 1.56. The SMILES string of the molecule is Cc1nc(C2CCCC2)nc(N)c1F. The molecule has 0 unspecified atom stereocenters. The Labute approximate surface area is 82.6 Å². The first-order valence-electron chi connectivity index (χ1n) is 4.98. The number of nitrogens with two attached hydrogens (primary N) is 1. The lowest BCUT2D eigenvalue weighted by Crippen LogP contribution is -2.08. The molecule has 1 aromatic heterocycles. The minimum absolute atomic E-state index is 0.0144. The molecule has 1 saturated carbocycles. The Morgan fingerprint density at radius 1 is 1.29 bits per heavy atom. The van der Waals surface area contributed by atoms with Crippen molar-refractivity contribution >= 4 is 5.82 Å². The fourth-order valence-corrected chi connectivity index (χ4v) is 1.97. The van der Waals surface area contributed by atoms with E-state index in [0.717, 1.165) is 18.7 Å². The smallest absolute Gasteiger partial charge is 0.186 e. The number of nitrogens with zero attached hydrogens (tertiary/aromatic N) is 2. The number of nitrogen functional groups attached to an aromatic ring is 1. The molecule has 2 N–H and O–H groups in total. The fourth-order valence-electron chi connectivity index (χ4n) is 1.97. The van der Waals surface area contributed by atoms with Gasteiger partial charge in [-0.25, -0.2) is 14.4 Å². The molecule has 0 spiro atoms. The van der Waals surface area contributed by atoms with Crippen LogP contribution in [0.4, 0.5) is 10.2 Å². The van der Waals surface area contributed by atoms with Crippen molar-refractivity contribution in [2.45, 2.75) is 38.5 Å². The lowest BCUT2D eigenvalue weighted by molar-refractivity contribution is 0.588. The topological polar surface area (TPSA) is 51.8 Å². The van der Waals surface area contributed by atoms with Crippen molar-refractivity contribution in [2.75, 3.05) is 5.73 Å². The van der Waals surface area contributed by atoms with Gasteiger partial charge < -0.3 is 5.73 Å². The second-order valence-electron chi connectivity index (χ2n) is 3.85. The van der Waals surface area contributed by atoms with Gasteiger partial charge in [0.1, 0.15) is 5.82 Å². The summed E-state index contributed by atoms with van der Waals surface area (Å²) < 4.78 is 13.1. The van der Waals surface area contributed by atoms with Crippen LogP contribution in [0.3, 0.4) is 0 Å². The predicted molar refractivity (Wildman–Crippen MR) is 52.3 cm³/mol. The van der Waals surface area contributed by atoms with E-state index in [9.17, 15) is 4.39 Å².